The zero-order valence-electron chi connectivity index (χ0n) is 11.3. The molecule has 19 heavy (non-hydrogen) atoms. The molecule has 0 aromatic carbocycles. The van der Waals surface area contributed by atoms with Crippen LogP contribution in [0.25, 0.3) is 0 Å². The zero-order chi connectivity index (χ0) is 13.7. The number of nitrogens with one attached hydrogen (secondary N) is 1. The quantitative estimate of drug-likeness (QED) is 0.603. The summed E-state index contributed by atoms with van der Waals surface area (Å²) in [6.07, 6.45) is 9.65. The molecule has 4 heteroatoms. The normalized spacial score (nSPS) is 20.5. The van der Waals surface area contributed by atoms with E-state index in [1.165, 1.54) is 18.9 Å². The highest BCUT2D eigenvalue weighted by Gasteiger charge is 2.26. The van der Waals surface area contributed by atoms with Gasteiger partial charge in [-0.15, -0.1) is 0 Å². The fourth-order valence-corrected chi connectivity index (χ4v) is 2.34. The summed E-state index contributed by atoms with van der Waals surface area (Å²) < 4.78 is 0. The van der Waals surface area contributed by atoms with Crippen LogP contribution in [0, 0.1) is 11.8 Å². The zero-order valence-corrected chi connectivity index (χ0v) is 11.3. The number of allylic oxidation sites excluding steroid dienone is 1. The lowest BCUT2D eigenvalue weighted by atomic mass is 9.96. The van der Waals surface area contributed by atoms with Gasteiger partial charge in [0.25, 0.3) is 0 Å². The van der Waals surface area contributed by atoms with Gasteiger partial charge in [-0.05, 0) is 37.7 Å². The third kappa shape index (κ3) is 4.23. The van der Waals surface area contributed by atoms with Gasteiger partial charge in [-0.2, -0.15) is 0 Å². The molecule has 1 saturated carbocycles. The molecule has 2 fully saturated rings. The van der Waals surface area contributed by atoms with E-state index in [1.807, 2.05) is 6.08 Å². The summed E-state index contributed by atoms with van der Waals surface area (Å²) in [4.78, 5) is 25.1. The summed E-state index contributed by atoms with van der Waals surface area (Å²) in [5.74, 6) is 0.880. The Hall–Kier alpha value is -1.58. The van der Waals surface area contributed by atoms with Gasteiger partial charge in [0.1, 0.15) is 0 Å². The Labute approximate surface area is 114 Å². The van der Waals surface area contributed by atoms with Crippen LogP contribution in [0.3, 0.4) is 0 Å². The Kier molecular flexibility index (Phi) is 4.77. The van der Waals surface area contributed by atoms with E-state index >= 15 is 0 Å². The van der Waals surface area contributed by atoms with Gasteiger partial charge in [-0.3, -0.25) is 9.59 Å². The van der Waals surface area contributed by atoms with Gasteiger partial charge in [0.15, 0.2) is 0 Å². The molecule has 0 spiro atoms. The minimum absolute atomic E-state index is 0.0359. The number of amides is 2. The number of hydrogen-bond acceptors (Lipinski definition) is 2. The first-order chi connectivity index (χ1) is 9.20. The lowest BCUT2D eigenvalue weighted by Crippen LogP contribution is -2.42. The van der Waals surface area contributed by atoms with E-state index in [0.717, 1.165) is 18.8 Å². The van der Waals surface area contributed by atoms with Crippen molar-refractivity contribution in [3.05, 3.63) is 24.8 Å². The van der Waals surface area contributed by atoms with Gasteiger partial charge in [-0.25, -0.2) is 0 Å². The molecule has 0 bridgehead atoms. The van der Waals surface area contributed by atoms with Crippen molar-refractivity contribution in [1.82, 2.24) is 10.2 Å². The number of nitrogens with zero attached hydrogens (tertiary/aromatic N) is 1. The minimum atomic E-state index is -0.0359. The van der Waals surface area contributed by atoms with Crippen molar-refractivity contribution in [3.8, 4) is 0 Å². The second-order valence-electron chi connectivity index (χ2n) is 5.31. The van der Waals surface area contributed by atoms with Crippen LogP contribution >= 0.6 is 0 Å². The molecule has 2 amide bonds. The van der Waals surface area contributed by atoms with Gasteiger partial charge in [0.2, 0.25) is 11.8 Å². The Morgan fingerprint density at radius 2 is 1.89 bits per heavy atom. The van der Waals surface area contributed by atoms with Crippen molar-refractivity contribution in [1.29, 1.82) is 0 Å². The average molecular weight is 262 g/mol. The van der Waals surface area contributed by atoms with Crippen LogP contribution in [0.5, 0.6) is 0 Å². The number of carbonyl (C=O) groups excluding carboxylic acids is 2. The van der Waals surface area contributed by atoms with E-state index in [4.69, 9.17) is 0 Å². The summed E-state index contributed by atoms with van der Waals surface area (Å²) in [6, 6.07) is 0. The average Bonchev–Trinajstić information content (AvgIpc) is 3.27. The van der Waals surface area contributed by atoms with Crippen LogP contribution < -0.4 is 5.32 Å². The fraction of sp³-hybridized carbons (Fsp3) is 0.600. The van der Waals surface area contributed by atoms with Crippen molar-refractivity contribution in [3.63, 3.8) is 0 Å². The topological polar surface area (TPSA) is 49.4 Å². The molecule has 1 saturated heterocycles. The molecule has 2 rings (SSSR count). The number of piperidine rings is 1. The minimum Gasteiger partial charge on any atom is -0.352 e. The van der Waals surface area contributed by atoms with Crippen molar-refractivity contribution in [2.75, 3.05) is 19.6 Å². The van der Waals surface area contributed by atoms with Crippen molar-refractivity contribution in [2.24, 2.45) is 11.8 Å². The molecular weight excluding hydrogens is 240 g/mol. The molecule has 0 unspecified atom stereocenters. The Morgan fingerprint density at radius 3 is 2.47 bits per heavy atom. The molecule has 1 aliphatic carbocycles. The molecule has 104 valence electrons. The lowest BCUT2D eigenvalue weighted by molar-refractivity contribution is -0.132. The Bertz CT molecular complexity index is 378. The largest absolute Gasteiger partial charge is 0.352 e. The molecule has 1 heterocycles. The maximum Gasteiger partial charge on any atom is 0.245 e. The van der Waals surface area contributed by atoms with Gasteiger partial charge >= 0.3 is 0 Å². The third-order valence-electron chi connectivity index (χ3n) is 3.78. The van der Waals surface area contributed by atoms with E-state index in [9.17, 15) is 9.59 Å². The van der Waals surface area contributed by atoms with Crippen LogP contribution in [0.15, 0.2) is 24.8 Å². The predicted molar refractivity (Wildman–Crippen MR) is 74.4 cm³/mol. The third-order valence-corrected chi connectivity index (χ3v) is 3.78. The Morgan fingerprint density at radius 1 is 1.21 bits per heavy atom. The lowest BCUT2D eigenvalue weighted by Gasteiger charge is -2.30. The number of hydrogen-bond donors (Lipinski definition) is 1. The van der Waals surface area contributed by atoms with Crippen molar-refractivity contribution < 1.29 is 9.59 Å². The van der Waals surface area contributed by atoms with E-state index in [0.29, 0.717) is 19.6 Å². The first-order valence-corrected chi connectivity index (χ1v) is 7.06. The highest BCUT2D eigenvalue weighted by Crippen LogP contribution is 2.29. The molecule has 2 aliphatic rings. The summed E-state index contributed by atoms with van der Waals surface area (Å²) >= 11 is 0. The maximum atomic E-state index is 11.9. The van der Waals surface area contributed by atoms with E-state index in [-0.39, 0.29) is 17.7 Å². The summed E-state index contributed by atoms with van der Waals surface area (Å²) in [7, 11) is 0. The summed E-state index contributed by atoms with van der Waals surface area (Å²) in [5.41, 5.74) is 0. The molecule has 0 radical (unpaired) electrons. The second-order valence-corrected chi connectivity index (χ2v) is 5.31. The highest BCUT2D eigenvalue weighted by molar-refractivity contribution is 5.87. The number of carbonyl (C=O) groups is 2. The molecule has 1 N–H and O–H groups in total. The van der Waals surface area contributed by atoms with Gasteiger partial charge in [0, 0.05) is 25.6 Å². The molecule has 1 aliphatic heterocycles. The molecule has 4 nitrogen and oxygen atoms in total. The van der Waals surface area contributed by atoms with E-state index in [1.54, 1.807) is 4.90 Å². The van der Waals surface area contributed by atoms with Gasteiger partial charge in [0.05, 0.1) is 0 Å². The molecule has 0 aromatic heterocycles. The van der Waals surface area contributed by atoms with Gasteiger partial charge < -0.3 is 10.2 Å². The van der Waals surface area contributed by atoms with Crippen LogP contribution in [0.1, 0.15) is 25.7 Å². The second kappa shape index (κ2) is 6.55. The van der Waals surface area contributed by atoms with Crippen LogP contribution in [0.4, 0.5) is 0 Å². The smallest absolute Gasteiger partial charge is 0.245 e. The van der Waals surface area contributed by atoms with Crippen molar-refractivity contribution >= 4 is 11.8 Å². The molecule has 0 aromatic rings. The van der Waals surface area contributed by atoms with E-state index in [2.05, 4.69) is 18.0 Å². The monoisotopic (exact) mass is 262 g/mol. The summed E-state index contributed by atoms with van der Waals surface area (Å²) in [5, 5.41) is 2.94. The fourth-order valence-electron chi connectivity index (χ4n) is 2.34. The molecule has 0 atom stereocenters. The van der Waals surface area contributed by atoms with Crippen LogP contribution in [0.2, 0.25) is 0 Å². The molecular formula is C15H22N2O2. The highest BCUT2D eigenvalue weighted by atomic mass is 16.2. The standard InChI is InChI=1S/C15H22N2O2/c1-2-14(18)17-10-7-13(8-11-17)15(19)16-9-3-4-12-5-6-12/h2-4,12-13H,1,5-11H2,(H,16,19)/b4-3+. The first-order valence-electron chi connectivity index (χ1n) is 7.06. The summed E-state index contributed by atoms with van der Waals surface area (Å²) in [6.45, 7) is 5.41. The van der Waals surface area contributed by atoms with Crippen molar-refractivity contribution in [2.45, 2.75) is 25.7 Å². The van der Waals surface area contributed by atoms with Crippen LogP contribution in [-0.2, 0) is 9.59 Å². The van der Waals surface area contributed by atoms with E-state index < -0.39 is 0 Å². The first kappa shape index (κ1) is 13.8. The Balaban J connectivity index is 1.66. The maximum absolute atomic E-state index is 11.9. The van der Waals surface area contributed by atoms with Crippen LogP contribution in [-0.4, -0.2) is 36.3 Å². The number of likely N-dealkylation sites (tertiary alicyclic amines) is 1. The van der Waals surface area contributed by atoms with Gasteiger partial charge in [-0.1, -0.05) is 18.7 Å². The predicted octanol–water partition coefficient (Wildman–Crippen LogP) is 1.49. The number of rotatable bonds is 5. The SMILES string of the molecule is C=CC(=O)N1CCC(C(=O)NC/C=C/C2CC2)CC1.